The van der Waals surface area contributed by atoms with Gasteiger partial charge in [0.1, 0.15) is 11.4 Å². The molecule has 5 rings (SSSR count). The fourth-order valence-corrected chi connectivity index (χ4v) is 7.75. The lowest BCUT2D eigenvalue weighted by molar-refractivity contribution is -0.148. The highest BCUT2D eigenvalue weighted by molar-refractivity contribution is 7.88. The molecule has 0 spiro atoms. The van der Waals surface area contributed by atoms with Crippen molar-refractivity contribution in [3.63, 3.8) is 0 Å². The van der Waals surface area contributed by atoms with Gasteiger partial charge in [-0.1, -0.05) is 11.6 Å². The molecule has 2 fully saturated rings. The van der Waals surface area contributed by atoms with Gasteiger partial charge in [-0.05, 0) is 38.0 Å². The van der Waals surface area contributed by atoms with Gasteiger partial charge in [0.15, 0.2) is 10.8 Å². The number of rotatable bonds is 10. The van der Waals surface area contributed by atoms with Crippen molar-refractivity contribution in [2.24, 2.45) is 0 Å². The van der Waals surface area contributed by atoms with Gasteiger partial charge in [-0.25, -0.2) is 37.3 Å². The molecule has 1 aromatic carbocycles. The van der Waals surface area contributed by atoms with E-state index in [1.54, 1.807) is 18.5 Å². The van der Waals surface area contributed by atoms with Crippen molar-refractivity contribution >= 4 is 44.9 Å². The summed E-state index contributed by atoms with van der Waals surface area (Å²) >= 11 is 7.63. The Morgan fingerprint density at radius 2 is 2.00 bits per heavy atom. The number of sulfonamides is 1. The van der Waals surface area contributed by atoms with Crippen LogP contribution in [0.5, 0.6) is 0 Å². The molecule has 3 aromatic rings. The fraction of sp³-hybridized carbons (Fsp3) is 0.444. The highest BCUT2D eigenvalue weighted by atomic mass is 35.5. The third-order valence-corrected chi connectivity index (χ3v) is 9.23. The summed E-state index contributed by atoms with van der Waals surface area (Å²) in [4.78, 5) is 40.8. The van der Waals surface area contributed by atoms with E-state index in [1.165, 1.54) is 23.5 Å². The van der Waals surface area contributed by atoms with Crippen LogP contribution in [0, 0.1) is 5.82 Å². The number of carbonyl (C=O) groups excluding carboxylic acids is 1. The van der Waals surface area contributed by atoms with Crippen LogP contribution in [0.4, 0.5) is 4.39 Å². The number of esters is 1. The van der Waals surface area contributed by atoms with Crippen molar-refractivity contribution in [1.82, 2.24) is 24.6 Å². The number of ether oxygens (including phenoxy) is 2. The second-order valence-electron chi connectivity index (χ2n) is 10.5. The number of benzene rings is 1. The maximum absolute atomic E-state index is 13.9. The summed E-state index contributed by atoms with van der Waals surface area (Å²) < 4.78 is 52.4. The number of piperidine rings is 1. The second-order valence-corrected chi connectivity index (χ2v) is 13.6. The molecule has 2 aliphatic rings. The first-order valence-electron chi connectivity index (χ1n) is 13.4. The molecule has 2 aromatic heterocycles. The van der Waals surface area contributed by atoms with Gasteiger partial charge in [0, 0.05) is 41.3 Å². The van der Waals surface area contributed by atoms with Gasteiger partial charge in [0.2, 0.25) is 10.0 Å². The van der Waals surface area contributed by atoms with Crippen molar-refractivity contribution in [1.29, 1.82) is 0 Å². The quantitative estimate of drug-likeness (QED) is 0.309. The first-order chi connectivity index (χ1) is 20.4. The number of carbonyl (C=O) groups is 2. The van der Waals surface area contributed by atoms with Gasteiger partial charge in [-0.3, -0.25) is 9.69 Å². The zero-order valence-electron chi connectivity index (χ0n) is 23.2. The number of morpholine rings is 1. The number of thiazole rings is 1. The Labute approximate surface area is 256 Å². The number of aromatic carboxylic acids is 1. The molecule has 43 heavy (non-hydrogen) atoms. The summed E-state index contributed by atoms with van der Waals surface area (Å²) in [5.74, 6) is -2.23. The lowest BCUT2D eigenvalue weighted by atomic mass is 9.77. The van der Waals surface area contributed by atoms with E-state index in [4.69, 9.17) is 21.1 Å². The molecule has 2 aliphatic heterocycles. The van der Waals surface area contributed by atoms with Crippen LogP contribution >= 0.6 is 22.9 Å². The van der Waals surface area contributed by atoms with Crippen LogP contribution < -0.4 is 4.72 Å². The van der Waals surface area contributed by atoms with Crippen molar-refractivity contribution in [3.8, 4) is 22.1 Å². The van der Waals surface area contributed by atoms with E-state index >= 15 is 0 Å². The summed E-state index contributed by atoms with van der Waals surface area (Å²) in [7, 11) is -3.70. The third kappa shape index (κ3) is 7.02. The Morgan fingerprint density at radius 1 is 1.28 bits per heavy atom. The average molecular weight is 654 g/mol. The van der Waals surface area contributed by atoms with Gasteiger partial charge in [-0.2, -0.15) is 0 Å². The van der Waals surface area contributed by atoms with Crippen molar-refractivity contribution < 1.29 is 37.0 Å². The maximum atomic E-state index is 13.9. The number of aromatic nitrogens is 3. The Balaban J connectivity index is 1.58. The first-order valence-corrected chi connectivity index (χ1v) is 16.5. The largest absolute Gasteiger partial charge is 0.478 e. The summed E-state index contributed by atoms with van der Waals surface area (Å²) in [6.07, 6.45) is 2.87. The standard InChI is InChI=1S/C27H29ClFN5O7S2/c1-3-41-21(35)11-27(33-43(2,38)39)9-16-13-40-14-17(10-27)34(16)12-20-22(26(36)37)23(18-5-4-15(29)8-19(18)28)32-24(31-20)25-30-6-7-42-25/h4-8,16-17,33H,3,9-14H2,1-2H3,(H,36,37). The summed E-state index contributed by atoms with van der Waals surface area (Å²) in [5.41, 5.74) is -0.911. The van der Waals surface area contributed by atoms with Gasteiger partial charge < -0.3 is 14.6 Å². The number of nitrogens with zero attached hydrogens (tertiary/aromatic N) is 4. The molecule has 2 atom stereocenters. The van der Waals surface area contributed by atoms with E-state index in [0.29, 0.717) is 5.01 Å². The molecule has 230 valence electrons. The molecular formula is C27H29ClFN5O7S2. The number of carboxylic acids is 1. The molecule has 0 radical (unpaired) electrons. The average Bonchev–Trinajstić information content (AvgIpc) is 3.43. The second kappa shape index (κ2) is 12.5. The minimum absolute atomic E-state index is 0.0153. The molecule has 0 aliphatic carbocycles. The number of fused-ring (bicyclic) bond motifs is 2. The molecule has 0 saturated carbocycles. The monoisotopic (exact) mass is 653 g/mol. The lowest BCUT2D eigenvalue weighted by Gasteiger charge is -2.53. The van der Waals surface area contributed by atoms with Crippen LogP contribution in [-0.4, -0.2) is 89.0 Å². The number of halogens is 2. The van der Waals surface area contributed by atoms with Crippen LogP contribution in [-0.2, 0) is 30.8 Å². The van der Waals surface area contributed by atoms with Gasteiger partial charge in [0.05, 0.1) is 48.9 Å². The zero-order valence-corrected chi connectivity index (χ0v) is 25.6. The van der Waals surface area contributed by atoms with Crippen LogP contribution in [0.3, 0.4) is 0 Å². The molecule has 12 nitrogen and oxygen atoms in total. The van der Waals surface area contributed by atoms with Crippen molar-refractivity contribution in [2.75, 3.05) is 26.1 Å². The smallest absolute Gasteiger partial charge is 0.339 e. The zero-order chi connectivity index (χ0) is 30.9. The van der Waals surface area contributed by atoms with E-state index in [2.05, 4.69) is 19.7 Å². The predicted octanol–water partition coefficient (Wildman–Crippen LogP) is 3.36. The molecule has 0 amide bonds. The van der Waals surface area contributed by atoms with Crippen LogP contribution in [0.2, 0.25) is 5.02 Å². The lowest BCUT2D eigenvalue weighted by Crippen LogP contribution is -2.66. The maximum Gasteiger partial charge on any atom is 0.339 e. The molecule has 4 heterocycles. The van der Waals surface area contributed by atoms with Crippen molar-refractivity contribution in [2.45, 2.75) is 50.4 Å². The Kier molecular flexibility index (Phi) is 9.11. The number of carboxylic acid groups (broad SMARTS) is 1. The normalized spacial score (nSPS) is 22.3. The van der Waals surface area contributed by atoms with Gasteiger partial charge in [0.25, 0.3) is 0 Å². The molecule has 2 N–H and O–H groups in total. The van der Waals surface area contributed by atoms with Crippen LogP contribution in [0.25, 0.3) is 22.1 Å². The minimum atomic E-state index is -3.70. The van der Waals surface area contributed by atoms with E-state index in [-0.39, 0.29) is 79.0 Å². The Hall–Kier alpha value is -3.08. The number of hydrogen-bond donors (Lipinski definition) is 2. The summed E-state index contributed by atoms with van der Waals surface area (Å²) in [5, 5.41) is 12.6. The Morgan fingerprint density at radius 3 is 2.58 bits per heavy atom. The molecule has 2 saturated heterocycles. The molecule has 2 unspecified atom stereocenters. The number of hydrogen-bond acceptors (Lipinski definition) is 11. The highest BCUT2D eigenvalue weighted by Gasteiger charge is 2.50. The van der Waals surface area contributed by atoms with E-state index in [9.17, 15) is 27.5 Å². The SMILES string of the molecule is CCOC(=O)CC1(NS(C)(=O)=O)CC2COCC(C1)N2Cc1nc(-c2nccs2)nc(-c2ccc(F)cc2Cl)c1C(=O)O. The highest BCUT2D eigenvalue weighted by Crippen LogP contribution is 2.40. The van der Waals surface area contributed by atoms with E-state index in [0.717, 1.165) is 12.3 Å². The summed E-state index contributed by atoms with van der Waals surface area (Å²) in [6, 6.07) is 2.83. The Bertz CT molecular complexity index is 1630. The van der Waals surface area contributed by atoms with Gasteiger partial charge >= 0.3 is 11.9 Å². The summed E-state index contributed by atoms with van der Waals surface area (Å²) in [6.45, 7) is 2.31. The molecule has 16 heteroatoms. The predicted molar refractivity (Wildman–Crippen MR) is 156 cm³/mol. The van der Waals surface area contributed by atoms with Gasteiger partial charge in [-0.15, -0.1) is 11.3 Å². The molecular weight excluding hydrogens is 625 g/mol. The first kappa shape index (κ1) is 31.3. The third-order valence-electron chi connectivity index (χ3n) is 7.34. The van der Waals surface area contributed by atoms with E-state index in [1.807, 2.05) is 4.90 Å². The van der Waals surface area contributed by atoms with E-state index < -0.39 is 45.4 Å². The van der Waals surface area contributed by atoms with Crippen LogP contribution in [0.15, 0.2) is 29.8 Å². The fourth-order valence-electron chi connectivity index (χ4n) is 5.90. The van der Waals surface area contributed by atoms with Crippen molar-refractivity contribution in [3.05, 3.63) is 51.9 Å². The topological polar surface area (TPSA) is 161 Å². The number of nitrogens with one attached hydrogen (secondary N) is 1. The molecule has 2 bridgehead atoms. The minimum Gasteiger partial charge on any atom is -0.478 e. The van der Waals surface area contributed by atoms with Crippen LogP contribution in [0.1, 0.15) is 42.2 Å².